The Kier molecular flexibility index (Phi) is 4.51. The predicted octanol–water partition coefficient (Wildman–Crippen LogP) is 4.18. The molecule has 2 aliphatic heterocycles. The lowest BCUT2D eigenvalue weighted by molar-refractivity contribution is -0.123. The van der Waals surface area contributed by atoms with E-state index in [1.165, 1.54) is 11.1 Å². The molecule has 0 unspecified atom stereocenters. The van der Waals surface area contributed by atoms with Gasteiger partial charge >= 0.3 is 0 Å². The number of hydrogen-bond acceptors (Lipinski definition) is 4. The molecule has 0 aromatic heterocycles. The standard InChI is InChI=1S/C27H39NO3/c1-14-11-21-24(28-13-14)16(3)27(31-21)10-8-19-20-6-5-17-12-18(29)7-9-26(17,4)23(20)25(30)22(19)15(27)2/h5,14,16,18-21,23-24,28-29H,6-13H2,1-4H3/t14-,16+,18-,19+,20+,21-,23+,24-,26-,27-/m1/s1. The molecule has 6 aliphatic rings. The number of ether oxygens (including phenoxy) is 1. The van der Waals surface area contributed by atoms with E-state index in [4.69, 9.17) is 4.74 Å². The van der Waals surface area contributed by atoms with E-state index in [0.717, 1.165) is 57.1 Å². The maximum atomic E-state index is 14.1. The molecular weight excluding hydrogens is 386 g/mol. The lowest BCUT2D eigenvalue weighted by Crippen LogP contribution is -2.49. The zero-order valence-electron chi connectivity index (χ0n) is 19.6. The number of piperidine rings is 1. The number of hydrogen-bond donors (Lipinski definition) is 2. The van der Waals surface area contributed by atoms with Crippen LogP contribution in [0.25, 0.3) is 0 Å². The van der Waals surface area contributed by atoms with Crippen molar-refractivity contribution < 1.29 is 14.6 Å². The maximum absolute atomic E-state index is 14.1. The van der Waals surface area contributed by atoms with Crippen LogP contribution >= 0.6 is 0 Å². The van der Waals surface area contributed by atoms with Gasteiger partial charge in [0.25, 0.3) is 0 Å². The van der Waals surface area contributed by atoms with E-state index >= 15 is 0 Å². The Balaban J connectivity index is 1.39. The van der Waals surface area contributed by atoms with Crippen LogP contribution in [0.1, 0.15) is 72.6 Å². The molecule has 2 saturated heterocycles. The summed E-state index contributed by atoms with van der Waals surface area (Å²) in [6, 6.07) is 0.410. The van der Waals surface area contributed by atoms with E-state index in [1.54, 1.807) is 0 Å². The summed E-state index contributed by atoms with van der Waals surface area (Å²) >= 11 is 0. The van der Waals surface area contributed by atoms with E-state index in [-0.39, 0.29) is 29.1 Å². The fourth-order valence-corrected chi connectivity index (χ4v) is 8.93. The SMILES string of the molecule is CC1=C2C(=O)[C@@H]3[C@@H](CC=C4C[C@H](O)CC[C@]43C)[C@@H]2CC[C@@]12O[C@@H]1C[C@@H](C)CN[C@@H]1[C@@H]2C. The fourth-order valence-electron chi connectivity index (χ4n) is 8.93. The topological polar surface area (TPSA) is 58.6 Å². The van der Waals surface area contributed by atoms with E-state index < -0.39 is 0 Å². The average Bonchev–Trinajstić information content (AvgIpc) is 3.18. The van der Waals surface area contributed by atoms with Gasteiger partial charge in [0.1, 0.15) is 0 Å². The molecule has 4 nitrogen and oxygen atoms in total. The van der Waals surface area contributed by atoms with Crippen LogP contribution in [-0.2, 0) is 9.53 Å². The predicted molar refractivity (Wildman–Crippen MR) is 120 cm³/mol. The minimum absolute atomic E-state index is 0.0653. The van der Waals surface area contributed by atoms with Gasteiger partial charge in [-0.25, -0.2) is 0 Å². The summed E-state index contributed by atoms with van der Waals surface area (Å²) in [5, 5.41) is 14.0. The molecular formula is C27H39NO3. The first kappa shape index (κ1) is 20.6. The first-order valence-electron chi connectivity index (χ1n) is 12.8. The Morgan fingerprint density at radius 3 is 2.84 bits per heavy atom. The number of aliphatic hydroxyl groups is 1. The van der Waals surface area contributed by atoms with E-state index in [2.05, 4.69) is 39.1 Å². The molecule has 0 bridgehead atoms. The molecule has 4 aliphatic carbocycles. The van der Waals surface area contributed by atoms with Crippen LogP contribution in [0.2, 0.25) is 0 Å². The summed E-state index contributed by atoms with van der Waals surface area (Å²) in [6.07, 6.45) is 9.23. The zero-order chi connectivity index (χ0) is 21.7. The van der Waals surface area contributed by atoms with Gasteiger partial charge in [-0.05, 0) is 87.2 Å². The highest BCUT2D eigenvalue weighted by Crippen LogP contribution is 2.63. The average molecular weight is 426 g/mol. The second kappa shape index (κ2) is 6.77. The van der Waals surface area contributed by atoms with Crippen molar-refractivity contribution in [3.8, 4) is 0 Å². The van der Waals surface area contributed by atoms with Crippen molar-refractivity contribution in [2.24, 2.45) is 35.0 Å². The van der Waals surface area contributed by atoms with Crippen LogP contribution in [0.15, 0.2) is 22.8 Å². The monoisotopic (exact) mass is 425 g/mol. The van der Waals surface area contributed by atoms with Gasteiger partial charge in [0.05, 0.1) is 17.8 Å². The maximum Gasteiger partial charge on any atom is 0.163 e. The van der Waals surface area contributed by atoms with Gasteiger partial charge in [0.2, 0.25) is 0 Å². The smallest absolute Gasteiger partial charge is 0.163 e. The Bertz CT molecular complexity index is 876. The number of fused-ring (bicyclic) bond motifs is 6. The third-order valence-corrected chi connectivity index (χ3v) is 10.6. The summed E-state index contributed by atoms with van der Waals surface area (Å²) in [7, 11) is 0. The third kappa shape index (κ3) is 2.62. The molecule has 2 N–H and O–H groups in total. The van der Waals surface area contributed by atoms with Gasteiger partial charge in [0, 0.05) is 23.5 Å². The summed E-state index contributed by atoms with van der Waals surface area (Å²) < 4.78 is 6.93. The van der Waals surface area contributed by atoms with Crippen molar-refractivity contribution in [3.63, 3.8) is 0 Å². The number of aliphatic hydroxyl groups excluding tert-OH is 1. The lowest BCUT2D eigenvalue weighted by Gasteiger charge is -2.48. The molecule has 4 fully saturated rings. The molecule has 31 heavy (non-hydrogen) atoms. The Labute approximate surface area is 186 Å². The molecule has 1 spiro atoms. The van der Waals surface area contributed by atoms with Gasteiger partial charge in [-0.2, -0.15) is 0 Å². The van der Waals surface area contributed by atoms with Crippen LogP contribution in [0.5, 0.6) is 0 Å². The molecule has 10 atom stereocenters. The number of carbonyl (C=O) groups is 1. The third-order valence-electron chi connectivity index (χ3n) is 10.6. The van der Waals surface area contributed by atoms with Crippen molar-refractivity contribution in [2.75, 3.05) is 6.54 Å². The largest absolute Gasteiger partial charge is 0.393 e. The molecule has 0 aromatic carbocycles. The minimum atomic E-state index is -0.263. The zero-order valence-corrected chi connectivity index (χ0v) is 19.6. The first-order chi connectivity index (χ1) is 14.8. The second-order valence-corrected chi connectivity index (χ2v) is 12.1. The van der Waals surface area contributed by atoms with E-state index in [0.29, 0.717) is 35.5 Å². The molecule has 0 radical (unpaired) electrons. The van der Waals surface area contributed by atoms with Gasteiger partial charge < -0.3 is 15.2 Å². The van der Waals surface area contributed by atoms with Crippen molar-refractivity contribution in [1.29, 1.82) is 0 Å². The molecule has 0 aromatic rings. The van der Waals surface area contributed by atoms with Gasteiger partial charge in [-0.15, -0.1) is 0 Å². The molecule has 2 saturated carbocycles. The number of allylic oxidation sites excluding steroid dienone is 2. The number of ketones is 1. The van der Waals surface area contributed by atoms with Crippen LogP contribution in [0.3, 0.4) is 0 Å². The van der Waals surface area contributed by atoms with Gasteiger partial charge in [-0.1, -0.05) is 32.4 Å². The van der Waals surface area contributed by atoms with Gasteiger partial charge in [-0.3, -0.25) is 4.79 Å². The normalized spacial score (nSPS) is 53.7. The number of Topliss-reactive ketones (excluding diaryl/α,β-unsaturated/α-hetero) is 1. The lowest BCUT2D eigenvalue weighted by atomic mass is 9.56. The van der Waals surface area contributed by atoms with Gasteiger partial charge in [0.15, 0.2) is 5.78 Å². The van der Waals surface area contributed by atoms with E-state index in [9.17, 15) is 9.90 Å². The fraction of sp³-hybridized carbons (Fsp3) is 0.815. The molecule has 0 amide bonds. The minimum Gasteiger partial charge on any atom is -0.393 e. The number of nitrogens with one attached hydrogen (secondary N) is 1. The highest BCUT2D eigenvalue weighted by Gasteiger charge is 2.63. The van der Waals surface area contributed by atoms with Crippen molar-refractivity contribution >= 4 is 5.78 Å². The second-order valence-electron chi connectivity index (χ2n) is 12.1. The Hall–Kier alpha value is -0.970. The number of carbonyl (C=O) groups excluding carboxylic acids is 1. The molecule has 4 heteroatoms. The summed E-state index contributed by atoms with van der Waals surface area (Å²) in [6.45, 7) is 10.3. The quantitative estimate of drug-likeness (QED) is 0.572. The summed E-state index contributed by atoms with van der Waals surface area (Å²) in [5.74, 6) is 2.41. The highest BCUT2D eigenvalue weighted by atomic mass is 16.5. The first-order valence-corrected chi connectivity index (χ1v) is 12.8. The van der Waals surface area contributed by atoms with Crippen molar-refractivity contribution in [3.05, 3.63) is 22.8 Å². The highest BCUT2D eigenvalue weighted by molar-refractivity contribution is 6.02. The van der Waals surface area contributed by atoms with Crippen LogP contribution in [-0.4, -0.2) is 41.3 Å². The van der Waals surface area contributed by atoms with E-state index in [1.807, 2.05) is 0 Å². The number of rotatable bonds is 0. The van der Waals surface area contributed by atoms with Crippen LogP contribution in [0, 0.1) is 35.0 Å². The van der Waals surface area contributed by atoms with Crippen LogP contribution < -0.4 is 5.32 Å². The summed E-state index contributed by atoms with van der Waals surface area (Å²) in [4.78, 5) is 14.1. The Morgan fingerprint density at radius 1 is 1.23 bits per heavy atom. The Morgan fingerprint density at radius 2 is 2.03 bits per heavy atom. The van der Waals surface area contributed by atoms with Crippen LogP contribution in [0.4, 0.5) is 0 Å². The molecule has 170 valence electrons. The summed E-state index contributed by atoms with van der Waals surface area (Å²) in [5.41, 5.74) is 3.43. The van der Waals surface area contributed by atoms with Crippen molar-refractivity contribution in [1.82, 2.24) is 5.32 Å². The molecule has 6 rings (SSSR count). The van der Waals surface area contributed by atoms with Crippen molar-refractivity contribution in [2.45, 2.75) is 96.5 Å². The molecule has 2 heterocycles.